The molecule has 0 fully saturated rings. The Labute approximate surface area is 191 Å². The molecular formula is C24H22N4O4S. The maximum Gasteiger partial charge on any atom is 0.295 e. The SMILES string of the molecule is Cc1ccccc1CN(c1ccc(C(=O)N=Nc2c(O)[nH]c3ccccc23)cc1)S(C)(=O)=O. The van der Waals surface area contributed by atoms with Crippen molar-refractivity contribution in [1.29, 1.82) is 0 Å². The van der Waals surface area contributed by atoms with E-state index >= 15 is 0 Å². The van der Waals surface area contributed by atoms with E-state index in [0.717, 1.165) is 17.4 Å². The summed E-state index contributed by atoms with van der Waals surface area (Å²) >= 11 is 0. The predicted molar refractivity (Wildman–Crippen MR) is 127 cm³/mol. The molecule has 0 aliphatic carbocycles. The molecule has 0 radical (unpaired) electrons. The average Bonchev–Trinajstić information content (AvgIpc) is 3.11. The van der Waals surface area contributed by atoms with Gasteiger partial charge in [-0.15, -0.1) is 10.2 Å². The zero-order valence-corrected chi connectivity index (χ0v) is 18.9. The van der Waals surface area contributed by atoms with Gasteiger partial charge in [-0.05, 0) is 48.4 Å². The number of aromatic hydroxyl groups is 1. The molecule has 0 bridgehead atoms. The van der Waals surface area contributed by atoms with E-state index in [0.29, 0.717) is 16.6 Å². The number of sulfonamides is 1. The van der Waals surface area contributed by atoms with E-state index in [1.165, 1.54) is 16.4 Å². The smallest absolute Gasteiger partial charge is 0.295 e. The number of rotatable bonds is 6. The van der Waals surface area contributed by atoms with Crippen LogP contribution in [0.1, 0.15) is 21.5 Å². The van der Waals surface area contributed by atoms with Gasteiger partial charge >= 0.3 is 0 Å². The van der Waals surface area contributed by atoms with Crippen molar-refractivity contribution in [2.45, 2.75) is 13.5 Å². The number of nitrogens with one attached hydrogen (secondary N) is 1. The van der Waals surface area contributed by atoms with Gasteiger partial charge in [0.2, 0.25) is 15.9 Å². The summed E-state index contributed by atoms with van der Waals surface area (Å²) in [7, 11) is -3.56. The molecule has 0 aliphatic rings. The van der Waals surface area contributed by atoms with Crippen molar-refractivity contribution >= 4 is 38.2 Å². The lowest BCUT2D eigenvalue weighted by atomic mass is 10.1. The second kappa shape index (κ2) is 8.87. The third-order valence-electron chi connectivity index (χ3n) is 5.28. The van der Waals surface area contributed by atoms with E-state index in [4.69, 9.17) is 0 Å². The lowest BCUT2D eigenvalue weighted by molar-refractivity contribution is 0.0995. The number of H-pyrrole nitrogens is 1. The maximum absolute atomic E-state index is 12.5. The van der Waals surface area contributed by atoms with E-state index < -0.39 is 15.9 Å². The van der Waals surface area contributed by atoms with Crippen molar-refractivity contribution in [3.8, 4) is 5.88 Å². The van der Waals surface area contributed by atoms with Gasteiger partial charge < -0.3 is 10.1 Å². The Morgan fingerprint density at radius 3 is 2.36 bits per heavy atom. The molecule has 4 rings (SSSR count). The van der Waals surface area contributed by atoms with E-state index in [1.54, 1.807) is 30.3 Å². The van der Waals surface area contributed by atoms with Gasteiger partial charge in [0.15, 0.2) is 5.69 Å². The summed E-state index contributed by atoms with van der Waals surface area (Å²) in [4.78, 5) is 15.3. The standard InChI is InChI=1S/C24H22N4O4S/c1-16-7-3-4-8-18(16)15-28(33(2,31)32)19-13-11-17(12-14-19)23(29)27-26-22-20-9-5-6-10-21(20)25-24(22)30/h3-14,25,30H,15H2,1-2H3. The summed E-state index contributed by atoms with van der Waals surface area (Å²) in [6, 6.07) is 20.8. The van der Waals surface area contributed by atoms with Crippen LogP contribution in [-0.4, -0.2) is 30.7 Å². The molecule has 1 heterocycles. The minimum Gasteiger partial charge on any atom is -0.493 e. The van der Waals surface area contributed by atoms with E-state index in [-0.39, 0.29) is 23.7 Å². The molecule has 168 valence electrons. The second-order valence-electron chi connectivity index (χ2n) is 7.62. The van der Waals surface area contributed by atoms with Crippen LogP contribution in [0.3, 0.4) is 0 Å². The zero-order valence-electron chi connectivity index (χ0n) is 18.1. The number of hydrogen-bond donors (Lipinski definition) is 2. The fraction of sp³-hybridized carbons (Fsp3) is 0.125. The maximum atomic E-state index is 12.5. The van der Waals surface area contributed by atoms with Gasteiger partial charge in [0.1, 0.15) is 0 Å². The van der Waals surface area contributed by atoms with Crippen LogP contribution in [0.15, 0.2) is 83.0 Å². The molecule has 1 aromatic heterocycles. The topological polar surface area (TPSA) is 115 Å². The largest absolute Gasteiger partial charge is 0.493 e. The van der Waals surface area contributed by atoms with Crippen molar-refractivity contribution in [2.24, 2.45) is 10.2 Å². The quantitative estimate of drug-likeness (QED) is 0.389. The van der Waals surface area contributed by atoms with Gasteiger partial charge in [0.25, 0.3) is 5.91 Å². The Morgan fingerprint density at radius 2 is 1.67 bits per heavy atom. The monoisotopic (exact) mass is 462 g/mol. The molecule has 9 heteroatoms. The van der Waals surface area contributed by atoms with Gasteiger partial charge in [-0.25, -0.2) is 8.42 Å². The summed E-state index contributed by atoms with van der Waals surface area (Å²) < 4.78 is 26.2. The molecule has 4 aromatic rings. The number of azo groups is 1. The van der Waals surface area contributed by atoms with Crippen LogP contribution in [0.2, 0.25) is 0 Å². The van der Waals surface area contributed by atoms with Gasteiger partial charge in [-0.1, -0.05) is 42.5 Å². The Balaban J connectivity index is 1.57. The molecule has 0 unspecified atom stereocenters. The second-order valence-corrected chi connectivity index (χ2v) is 9.52. The first kappa shape index (κ1) is 22.2. The molecule has 0 saturated heterocycles. The van der Waals surface area contributed by atoms with E-state index in [1.807, 2.05) is 37.3 Å². The van der Waals surface area contributed by atoms with Gasteiger partial charge in [0, 0.05) is 10.9 Å². The summed E-state index contributed by atoms with van der Waals surface area (Å²) in [6.07, 6.45) is 1.15. The molecule has 0 aliphatic heterocycles. The van der Waals surface area contributed by atoms with Crippen LogP contribution in [-0.2, 0) is 16.6 Å². The highest BCUT2D eigenvalue weighted by Gasteiger charge is 2.19. The number of benzene rings is 3. The van der Waals surface area contributed by atoms with Gasteiger partial charge in [-0.2, -0.15) is 0 Å². The number of nitrogens with zero attached hydrogens (tertiary/aromatic N) is 3. The number of carbonyl (C=O) groups excluding carboxylic acids is 1. The molecule has 0 spiro atoms. The molecule has 3 aromatic carbocycles. The fourth-order valence-electron chi connectivity index (χ4n) is 3.48. The Morgan fingerprint density at radius 1 is 1.00 bits per heavy atom. The Kier molecular flexibility index (Phi) is 5.97. The predicted octanol–water partition coefficient (Wildman–Crippen LogP) is 5.07. The minimum absolute atomic E-state index is 0.178. The van der Waals surface area contributed by atoms with Crippen LogP contribution in [0.25, 0.3) is 10.9 Å². The minimum atomic E-state index is -3.56. The molecule has 1 amide bonds. The number of aromatic amines is 1. The van der Waals surface area contributed by atoms with Crippen molar-refractivity contribution in [3.05, 3.63) is 89.5 Å². The van der Waals surface area contributed by atoms with Crippen molar-refractivity contribution in [1.82, 2.24) is 4.98 Å². The summed E-state index contributed by atoms with van der Waals surface area (Å²) in [5.41, 5.74) is 3.40. The summed E-state index contributed by atoms with van der Waals surface area (Å²) in [6.45, 7) is 2.10. The number of hydrogen-bond acceptors (Lipinski definition) is 5. The highest BCUT2D eigenvalue weighted by Crippen LogP contribution is 2.35. The van der Waals surface area contributed by atoms with Crippen molar-refractivity contribution in [2.75, 3.05) is 10.6 Å². The third-order valence-corrected chi connectivity index (χ3v) is 6.42. The number of para-hydroxylation sites is 1. The highest BCUT2D eigenvalue weighted by molar-refractivity contribution is 7.92. The molecule has 33 heavy (non-hydrogen) atoms. The van der Waals surface area contributed by atoms with Crippen LogP contribution >= 0.6 is 0 Å². The zero-order chi connectivity index (χ0) is 23.6. The summed E-state index contributed by atoms with van der Waals surface area (Å²) in [5.74, 6) is -0.792. The van der Waals surface area contributed by atoms with Crippen LogP contribution in [0, 0.1) is 6.92 Å². The van der Waals surface area contributed by atoms with Crippen LogP contribution in [0.4, 0.5) is 11.4 Å². The number of fused-ring (bicyclic) bond motifs is 1. The summed E-state index contributed by atoms with van der Waals surface area (Å²) in [5, 5.41) is 18.3. The molecule has 0 atom stereocenters. The number of aromatic nitrogens is 1. The third kappa shape index (κ3) is 4.78. The van der Waals surface area contributed by atoms with Crippen LogP contribution in [0.5, 0.6) is 5.88 Å². The highest BCUT2D eigenvalue weighted by atomic mass is 32.2. The molecular weight excluding hydrogens is 440 g/mol. The van der Waals surface area contributed by atoms with Gasteiger partial charge in [0.05, 0.1) is 24.0 Å². The van der Waals surface area contributed by atoms with E-state index in [9.17, 15) is 18.3 Å². The number of aryl methyl sites for hydroxylation is 1. The van der Waals surface area contributed by atoms with Crippen molar-refractivity contribution < 1.29 is 18.3 Å². The Hall–Kier alpha value is -3.98. The van der Waals surface area contributed by atoms with Crippen molar-refractivity contribution in [3.63, 3.8) is 0 Å². The van der Waals surface area contributed by atoms with Crippen LogP contribution < -0.4 is 4.31 Å². The fourth-order valence-corrected chi connectivity index (χ4v) is 4.36. The first-order chi connectivity index (χ1) is 15.7. The van der Waals surface area contributed by atoms with E-state index in [2.05, 4.69) is 15.2 Å². The Bertz CT molecular complexity index is 1460. The van der Waals surface area contributed by atoms with Gasteiger partial charge in [-0.3, -0.25) is 9.10 Å². The lowest BCUT2D eigenvalue weighted by Gasteiger charge is -2.23. The average molecular weight is 463 g/mol. The number of anilines is 1. The number of amides is 1. The normalized spacial score (nSPS) is 11.8. The number of carbonyl (C=O) groups is 1. The lowest BCUT2D eigenvalue weighted by Crippen LogP contribution is -2.29. The first-order valence-electron chi connectivity index (χ1n) is 10.1. The first-order valence-corrected chi connectivity index (χ1v) is 12.0. The molecule has 0 saturated carbocycles. The molecule has 2 N–H and O–H groups in total. The molecule has 8 nitrogen and oxygen atoms in total.